The highest BCUT2D eigenvalue weighted by molar-refractivity contribution is 7.94. The van der Waals surface area contributed by atoms with Crippen molar-refractivity contribution in [3.63, 3.8) is 0 Å². The summed E-state index contributed by atoms with van der Waals surface area (Å²) in [6.45, 7) is -0.774. The molecule has 0 saturated carbocycles. The lowest BCUT2D eigenvalue weighted by molar-refractivity contribution is -0.135. The number of hydrogen-bond acceptors (Lipinski definition) is 4. The second-order valence-electron chi connectivity index (χ2n) is 3.82. The summed E-state index contributed by atoms with van der Waals surface area (Å²) in [5.74, 6) is -1.96. The molecule has 2 rings (SSSR count). The van der Waals surface area contributed by atoms with Gasteiger partial charge in [-0.05, 0) is 29.6 Å². The molecule has 0 amide bonds. The lowest BCUT2D eigenvalue weighted by Gasteiger charge is -2.21. The Morgan fingerprint density at radius 3 is 2.60 bits per heavy atom. The fourth-order valence-corrected chi connectivity index (χ4v) is 4.10. The lowest BCUT2D eigenvalue weighted by atomic mass is 10.3. The van der Waals surface area contributed by atoms with Gasteiger partial charge < -0.3 is 5.11 Å². The Labute approximate surface area is 119 Å². The average molecular weight is 315 g/mol. The molecule has 1 aromatic heterocycles. The second kappa shape index (κ2) is 5.59. The zero-order valence-electron chi connectivity index (χ0n) is 10.1. The smallest absolute Gasteiger partial charge is 0.324 e. The molecule has 0 saturated heterocycles. The first kappa shape index (κ1) is 14.5. The number of benzene rings is 1. The number of anilines is 1. The van der Waals surface area contributed by atoms with Crippen LogP contribution in [0.25, 0.3) is 0 Å². The fraction of sp³-hybridized carbons (Fsp3) is 0.0833. The van der Waals surface area contributed by atoms with Crippen molar-refractivity contribution < 1.29 is 22.7 Å². The van der Waals surface area contributed by atoms with Crippen LogP contribution < -0.4 is 4.31 Å². The van der Waals surface area contributed by atoms with Gasteiger partial charge in [0.05, 0.1) is 5.69 Å². The van der Waals surface area contributed by atoms with E-state index in [0.29, 0.717) is 4.31 Å². The Morgan fingerprint density at radius 2 is 2.05 bits per heavy atom. The van der Waals surface area contributed by atoms with Gasteiger partial charge in [0.15, 0.2) is 0 Å². The monoisotopic (exact) mass is 315 g/mol. The number of carboxylic acids is 1. The summed E-state index contributed by atoms with van der Waals surface area (Å²) in [7, 11) is -4.02. The lowest BCUT2D eigenvalue weighted by Crippen LogP contribution is -2.35. The van der Waals surface area contributed by atoms with Gasteiger partial charge in [-0.2, -0.15) is 0 Å². The number of carboxylic acid groups (broad SMARTS) is 1. The van der Waals surface area contributed by atoms with Crippen LogP contribution in [0, 0.1) is 5.82 Å². The average Bonchev–Trinajstić information content (AvgIpc) is 2.90. The molecule has 0 aliphatic heterocycles. The van der Waals surface area contributed by atoms with E-state index < -0.39 is 28.4 Å². The maximum Gasteiger partial charge on any atom is 0.324 e. The highest BCUT2D eigenvalue weighted by Gasteiger charge is 2.28. The predicted octanol–water partition coefficient (Wildman–Crippen LogP) is 2.17. The topological polar surface area (TPSA) is 74.7 Å². The van der Waals surface area contributed by atoms with Crippen LogP contribution >= 0.6 is 11.3 Å². The molecule has 20 heavy (non-hydrogen) atoms. The van der Waals surface area contributed by atoms with E-state index in [0.717, 1.165) is 23.5 Å². The molecule has 106 valence electrons. The van der Waals surface area contributed by atoms with Crippen LogP contribution in [0.1, 0.15) is 0 Å². The number of rotatable bonds is 5. The van der Waals surface area contributed by atoms with E-state index in [1.165, 1.54) is 18.2 Å². The van der Waals surface area contributed by atoms with Crippen molar-refractivity contribution in [2.45, 2.75) is 4.21 Å². The maximum absolute atomic E-state index is 13.2. The molecule has 0 aliphatic carbocycles. The number of nitrogens with zero attached hydrogens (tertiary/aromatic N) is 1. The van der Waals surface area contributed by atoms with Crippen LogP contribution in [-0.2, 0) is 14.8 Å². The number of carbonyl (C=O) groups is 1. The first-order valence-corrected chi connectivity index (χ1v) is 7.77. The minimum absolute atomic E-state index is 0.00279. The number of sulfonamides is 1. The highest BCUT2D eigenvalue weighted by atomic mass is 32.2. The summed E-state index contributed by atoms with van der Waals surface area (Å²) in [5.41, 5.74) is -0.0270. The molecule has 1 N–H and O–H groups in total. The largest absolute Gasteiger partial charge is 0.480 e. The van der Waals surface area contributed by atoms with Crippen LogP contribution in [0.4, 0.5) is 10.1 Å². The molecule has 5 nitrogen and oxygen atoms in total. The van der Waals surface area contributed by atoms with E-state index in [9.17, 15) is 17.6 Å². The van der Waals surface area contributed by atoms with Gasteiger partial charge in [-0.25, -0.2) is 12.8 Å². The van der Waals surface area contributed by atoms with Gasteiger partial charge in [0, 0.05) is 0 Å². The van der Waals surface area contributed by atoms with Gasteiger partial charge in [0.1, 0.15) is 16.6 Å². The van der Waals surface area contributed by atoms with E-state index in [1.54, 1.807) is 11.4 Å². The van der Waals surface area contributed by atoms with Gasteiger partial charge in [-0.15, -0.1) is 11.3 Å². The van der Waals surface area contributed by atoms with Crippen molar-refractivity contribution in [3.8, 4) is 0 Å². The van der Waals surface area contributed by atoms with Crippen LogP contribution in [0.5, 0.6) is 0 Å². The Hall–Kier alpha value is -1.93. The van der Waals surface area contributed by atoms with Crippen molar-refractivity contribution in [2.24, 2.45) is 0 Å². The van der Waals surface area contributed by atoms with Crippen molar-refractivity contribution >= 4 is 33.0 Å². The highest BCUT2D eigenvalue weighted by Crippen LogP contribution is 2.26. The summed E-state index contributed by atoms with van der Waals surface area (Å²) in [5, 5.41) is 10.4. The van der Waals surface area contributed by atoms with E-state index in [4.69, 9.17) is 5.11 Å². The van der Waals surface area contributed by atoms with Crippen LogP contribution in [-0.4, -0.2) is 26.0 Å². The third-order valence-corrected chi connectivity index (χ3v) is 5.56. The minimum atomic E-state index is -4.02. The van der Waals surface area contributed by atoms with Crippen molar-refractivity contribution in [1.29, 1.82) is 0 Å². The zero-order valence-corrected chi connectivity index (χ0v) is 11.7. The van der Waals surface area contributed by atoms with Gasteiger partial charge in [0.2, 0.25) is 0 Å². The summed E-state index contributed by atoms with van der Waals surface area (Å²) in [6.07, 6.45) is 0. The van der Waals surface area contributed by atoms with E-state index >= 15 is 0 Å². The Morgan fingerprint density at radius 1 is 1.30 bits per heavy atom. The third kappa shape index (κ3) is 2.97. The molecular weight excluding hydrogens is 305 g/mol. The molecule has 0 radical (unpaired) electrons. The molecule has 0 aliphatic rings. The third-order valence-electron chi connectivity index (χ3n) is 2.41. The number of hydrogen-bond donors (Lipinski definition) is 1. The van der Waals surface area contributed by atoms with Crippen molar-refractivity contribution in [3.05, 3.63) is 47.6 Å². The fourth-order valence-electron chi connectivity index (χ4n) is 1.59. The number of aliphatic carboxylic acids is 1. The van der Waals surface area contributed by atoms with Crippen molar-refractivity contribution in [1.82, 2.24) is 0 Å². The molecule has 0 bridgehead atoms. The normalized spacial score (nSPS) is 11.2. The summed E-state index contributed by atoms with van der Waals surface area (Å²) in [6, 6.07) is 7.71. The Balaban J connectivity index is 2.51. The molecule has 0 fully saturated rings. The number of halogens is 1. The predicted molar refractivity (Wildman–Crippen MR) is 72.9 cm³/mol. The van der Waals surface area contributed by atoms with E-state index in [1.807, 2.05) is 0 Å². The summed E-state index contributed by atoms with van der Waals surface area (Å²) in [4.78, 5) is 10.9. The first-order valence-electron chi connectivity index (χ1n) is 5.45. The van der Waals surface area contributed by atoms with Gasteiger partial charge in [-0.1, -0.05) is 12.1 Å². The second-order valence-corrected chi connectivity index (χ2v) is 6.85. The first-order chi connectivity index (χ1) is 9.41. The number of thiophene rings is 1. The molecule has 1 aromatic carbocycles. The molecule has 0 atom stereocenters. The van der Waals surface area contributed by atoms with Crippen molar-refractivity contribution in [2.75, 3.05) is 10.8 Å². The summed E-state index contributed by atoms with van der Waals surface area (Å²) >= 11 is 0.968. The van der Waals surface area contributed by atoms with Gasteiger partial charge >= 0.3 is 5.97 Å². The van der Waals surface area contributed by atoms with Gasteiger partial charge in [0.25, 0.3) is 10.0 Å². The minimum Gasteiger partial charge on any atom is -0.480 e. The SMILES string of the molecule is O=C(O)CN(c1cccc(F)c1)S(=O)(=O)c1cccs1. The Bertz CT molecular complexity index is 713. The van der Waals surface area contributed by atoms with Gasteiger partial charge in [-0.3, -0.25) is 9.10 Å². The standard InChI is InChI=1S/C12H10FNO4S2/c13-9-3-1-4-10(7-9)14(8-11(15)16)20(17,18)12-5-2-6-19-12/h1-7H,8H2,(H,15,16). The quantitative estimate of drug-likeness (QED) is 0.917. The van der Waals surface area contributed by atoms with Crippen LogP contribution in [0.2, 0.25) is 0 Å². The summed E-state index contributed by atoms with van der Waals surface area (Å²) < 4.78 is 38.7. The molecule has 0 spiro atoms. The molecule has 2 aromatic rings. The van der Waals surface area contributed by atoms with Crippen LogP contribution in [0.15, 0.2) is 46.0 Å². The van der Waals surface area contributed by atoms with E-state index in [2.05, 4.69) is 0 Å². The molecule has 0 unspecified atom stereocenters. The van der Waals surface area contributed by atoms with Crippen LogP contribution in [0.3, 0.4) is 0 Å². The maximum atomic E-state index is 13.2. The Kier molecular flexibility index (Phi) is 4.05. The molecular formula is C12H10FNO4S2. The molecule has 8 heteroatoms. The van der Waals surface area contributed by atoms with E-state index in [-0.39, 0.29) is 9.90 Å². The zero-order chi connectivity index (χ0) is 14.8. The molecule has 1 heterocycles.